The Kier molecular flexibility index (Phi) is 3.10. The van der Waals surface area contributed by atoms with Gasteiger partial charge in [0.25, 0.3) is 0 Å². The molecule has 0 aliphatic rings. The van der Waals surface area contributed by atoms with Gasteiger partial charge in [0, 0.05) is 23.9 Å². The Morgan fingerprint density at radius 2 is 1.90 bits per heavy atom. The fourth-order valence-corrected chi connectivity index (χ4v) is 2.21. The highest BCUT2D eigenvalue weighted by atomic mass is 15.4. The molecule has 2 N–H and O–H groups in total. The monoisotopic (exact) mass is 267 g/mol. The second-order valence-electron chi connectivity index (χ2n) is 4.68. The fraction of sp³-hybridized carbons (Fsp3) is 0.267. The average Bonchev–Trinajstić information content (AvgIpc) is 2.90. The first-order chi connectivity index (χ1) is 9.71. The van der Waals surface area contributed by atoms with Gasteiger partial charge < -0.3 is 5.73 Å². The number of nitrogens with two attached hydrogens (primary N) is 1. The maximum atomic E-state index is 5.78. The molecule has 20 heavy (non-hydrogen) atoms. The standard InChI is InChI=1S/C15H17N5/c1-3-13-18-14(4-2)20(19-13)15-8-5-10-9-11(16)6-7-12(10)17-15/h5-9H,3-4,16H2,1-2H3. The summed E-state index contributed by atoms with van der Waals surface area (Å²) >= 11 is 0. The lowest BCUT2D eigenvalue weighted by molar-refractivity contribution is 0.772. The van der Waals surface area contributed by atoms with Gasteiger partial charge in [-0.1, -0.05) is 13.8 Å². The molecule has 102 valence electrons. The zero-order chi connectivity index (χ0) is 14.1. The Bertz CT molecular complexity index is 760. The van der Waals surface area contributed by atoms with Gasteiger partial charge in [0.1, 0.15) is 5.82 Å². The third kappa shape index (κ3) is 2.11. The van der Waals surface area contributed by atoms with Crippen molar-refractivity contribution in [2.75, 3.05) is 5.73 Å². The number of benzene rings is 1. The molecule has 0 spiro atoms. The summed E-state index contributed by atoms with van der Waals surface area (Å²) in [4.78, 5) is 9.16. The molecule has 0 bridgehead atoms. The molecule has 1 aromatic carbocycles. The second kappa shape index (κ2) is 4.92. The number of nitrogens with zero attached hydrogens (tertiary/aromatic N) is 4. The van der Waals surface area contributed by atoms with Crippen LogP contribution in [0.5, 0.6) is 0 Å². The van der Waals surface area contributed by atoms with Crippen LogP contribution in [0, 0.1) is 0 Å². The largest absolute Gasteiger partial charge is 0.399 e. The summed E-state index contributed by atoms with van der Waals surface area (Å²) in [7, 11) is 0. The molecule has 0 fully saturated rings. The number of anilines is 1. The minimum atomic E-state index is 0.746. The van der Waals surface area contributed by atoms with E-state index in [1.54, 1.807) is 0 Å². The number of hydrogen-bond donors (Lipinski definition) is 1. The van der Waals surface area contributed by atoms with Crippen LogP contribution in [0.15, 0.2) is 30.3 Å². The predicted octanol–water partition coefficient (Wildman–Crippen LogP) is 2.52. The highest BCUT2D eigenvalue weighted by molar-refractivity contribution is 5.82. The SMILES string of the molecule is CCc1nc(CC)n(-c2ccc3cc(N)ccc3n2)n1. The normalized spacial score (nSPS) is 11.1. The van der Waals surface area contributed by atoms with Crippen molar-refractivity contribution in [3.8, 4) is 5.82 Å². The van der Waals surface area contributed by atoms with Crippen LogP contribution in [-0.4, -0.2) is 19.7 Å². The number of rotatable bonds is 3. The van der Waals surface area contributed by atoms with Gasteiger partial charge in [-0.05, 0) is 30.3 Å². The van der Waals surface area contributed by atoms with Gasteiger partial charge in [0.2, 0.25) is 0 Å². The van der Waals surface area contributed by atoms with Crippen LogP contribution < -0.4 is 5.73 Å². The Labute approximate surface area is 117 Å². The van der Waals surface area contributed by atoms with E-state index in [9.17, 15) is 0 Å². The van der Waals surface area contributed by atoms with Crippen LogP contribution in [0.4, 0.5) is 5.69 Å². The van der Waals surface area contributed by atoms with Gasteiger partial charge in [-0.2, -0.15) is 4.68 Å². The van der Waals surface area contributed by atoms with Gasteiger partial charge >= 0.3 is 0 Å². The van der Waals surface area contributed by atoms with E-state index in [0.29, 0.717) is 0 Å². The first-order valence-corrected chi connectivity index (χ1v) is 6.82. The van der Waals surface area contributed by atoms with Crippen LogP contribution in [0.3, 0.4) is 0 Å². The Morgan fingerprint density at radius 3 is 2.65 bits per heavy atom. The molecule has 5 nitrogen and oxygen atoms in total. The van der Waals surface area contributed by atoms with E-state index in [1.165, 1.54) is 0 Å². The van der Waals surface area contributed by atoms with Crippen molar-refractivity contribution in [1.82, 2.24) is 19.7 Å². The smallest absolute Gasteiger partial charge is 0.156 e. The van der Waals surface area contributed by atoms with E-state index in [1.807, 2.05) is 35.0 Å². The van der Waals surface area contributed by atoms with E-state index >= 15 is 0 Å². The molecular formula is C15H17N5. The molecule has 0 radical (unpaired) electrons. The van der Waals surface area contributed by atoms with Crippen LogP contribution in [-0.2, 0) is 12.8 Å². The molecule has 0 aliphatic heterocycles. The third-order valence-electron chi connectivity index (χ3n) is 3.27. The molecule has 2 heterocycles. The molecule has 0 unspecified atom stereocenters. The van der Waals surface area contributed by atoms with Crippen molar-refractivity contribution < 1.29 is 0 Å². The number of pyridine rings is 1. The van der Waals surface area contributed by atoms with Crippen molar-refractivity contribution in [2.45, 2.75) is 26.7 Å². The maximum Gasteiger partial charge on any atom is 0.156 e. The number of aryl methyl sites for hydroxylation is 2. The van der Waals surface area contributed by atoms with E-state index in [4.69, 9.17) is 5.73 Å². The average molecular weight is 267 g/mol. The third-order valence-corrected chi connectivity index (χ3v) is 3.27. The van der Waals surface area contributed by atoms with Gasteiger partial charge in [-0.3, -0.25) is 0 Å². The molecule has 0 saturated heterocycles. The van der Waals surface area contributed by atoms with Gasteiger partial charge in [-0.25, -0.2) is 9.97 Å². The maximum absolute atomic E-state index is 5.78. The van der Waals surface area contributed by atoms with E-state index in [2.05, 4.69) is 28.9 Å². The summed E-state index contributed by atoms with van der Waals surface area (Å²) in [6, 6.07) is 9.68. The number of hydrogen-bond acceptors (Lipinski definition) is 4. The lowest BCUT2D eigenvalue weighted by Crippen LogP contribution is -2.04. The van der Waals surface area contributed by atoms with E-state index < -0.39 is 0 Å². The molecule has 0 aliphatic carbocycles. The first-order valence-electron chi connectivity index (χ1n) is 6.82. The molecule has 0 atom stereocenters. The van der Waals surface area contributed by atoms with Crippen LogP contribution >= 0.6 is 0 Å². The summed E-state index contributed by atoms with van der Waals surface area (Å²) < 4.78 is 1.83. The van der Waals surface area contributed by atoms with Crippen LogP contribution in [0.2, 0.25) is 0 Å². The number of fused-ring (bicyclic) bond motifs is 1. The molecule has 0 amide bonds. The molecule has 3 rings (SSSR count). The van der Waals surface area contributed by atoms with Crippen LogP contribution in [0.25, 0.3) is 16.7 Å². The van der Waals surface area contributed by atoms with Crippen molar-refractivity contribution in [2.24, 2.45) is 0 Å². The highest BCUT2D eigenvalue weighted by Crippen LogP contribution is 2.18. The fourth-order valence-electron chi connectivity index (χ4n) is 2.21. The van der Waals surface area contributed by atoms with E-state index in [0.717, 1.165) is 46.9 Å². The van der Waals surface area contributed by atoms with Gasteiger partial charge in [0.15, 0.2) is 11.6 Å². The van der Waals surface area contributed by atoms with Crippen LogP contribution in [0.1, 0.15) is 25.5 Å². The quantitative estimate of drug-likeness (QED) is 0.740. The van der Waals surface area contributed by atoms with Crippen molar-refractivity contribution in [3.63, 3.8) is 0 Å². The number of nitrogen functional groups attached to an aromatic ring is 1. The molecule has 2 aromatic heterocycles. The highest BCUT2D eigenvalue weighted by Gasteiger charge is 2.10. The molecular weight excluding hydrogens is 250 g/mol. The lowest BCUT2D eigenvalue weighted by atomic mass is 10.2. The summed E-state index contributed by atoms with van der Waals surface area (Å²) in [5.74, 6) is 2.58. The summed E-state index contributed by atoms with van der Waals surface area (Å²) in [5, 5.41) is 5.54. The topological polar surface area (TPSA) is 69.6 Å². The first kappa shape index (κ1) is 12.6. The van der Waals surface area contributed by atoms with Crippen molar-refractivity contribution >= 4 is 16.6 Å². The number of aromatic nitrogens is 4. The van der Waals surface area contributed by atoms with E-state index in [-0.39, 0.29) is 0 Å². The Balaban J connectivity index is 2.14. The molecule has 3 aromatic rings. The van der Waals surface area contributed by atoms with Crippen molar-refractivity contribution in [1.29, 1.82) is 0 Å². The molecule has 5 heteroatoms. The van der Waals surface area contributed by atoms with Gasteiger partial charge in [-0.15, -0.1) is 5.10 Å². The minimum Gasteiger partial charge on any atom is -0.399 e. The summed E-state index contributed by atoms with van der Waals surface area (Å²) in [6.45, 7) is 4.12. The summed E-state index contributed by atoms with van der Waals surface area (Å²) in [5.41, 5.74) is 7.44. The lowest BCUT2D eigenvalue weighted by Gasteiger charge is -2.05. The van der Waals surface area contributed by atoms with Crippen molar-refractivity contribution in [3.05, 3.63) is 42.0 Å². The zero-order valence-electron chi connectivity index (χ0n) is 11.7. The Morgan fingerprint density at radius 1 is 1.05 bits per heavy atom. The predicted molar refractivity (Wildman–Crippen MR) is 79.8 cm³/mol. The zero-order valence-corrected chi connectivity index (χ0v) is 11.7. The second-order valence-corrected chi connectivity index (χ2v) is 4.68. The summed E-state index contributed by atoms with van der Waals surface area (Å²) in [6.07, 6.45) is 1.65. The minimum absolute atomic E-state index is 0.746. The Hall–Kier alpha value is -2.43. The molecule has 0 saturated carbocycles. The van der Waals surface area contributed by atoms with Gasteiger partial charge in [0.05, 0.1) is 5.52 Å².